The number of halogens is 3. The molecule has 0 atom stereocenters. The van der Waals surface area contributed by atoms with Crippen molar-refractivity contribution < 1.29 is 28.1 Å². The highest BCUT2D eigenvalue weighted by molar-refractivity contribution is 5.34. The van der Waals surface area contributed by atoms with Crippen molar-refractivity contribution in [1.29, 1.82) is 0 Å². The maximum atomic E-state index is 12.1. The molecule has 0 aliphatic heterocycles. The second-order valence-corrected chi connectivity index (χ2v) is 4.00. The molecule has 1 aromatic heterocycles. The topological polar surface area (TPSA) is 62.6 Å². The summed E-state index contributed by atoms with van der Waals surface area (Å²) >= 11 is 0. The third-order valence-electron chi connectivity index (χ3n) is 2.63. The Hall–Kier alpha value is -1.34. The van der Waals surface area contributed by atoms with Crippen LogP contribution in [0, 0.1) is 0 Å². The molecule has 0 amide bonds. The van der Waals surface area contributed by atoms with Gasteiger partial charge < -0.3 is 14.9 Å². The molecule has 1 saturated carbocycles. The highest BCUT2D eigenvalue weighted by Gasteiger charge is 2.46. The number of hydrogen-bond acceptors (Lipinski definition) is 4. The van der Waals surface area contributed by atoms with Crippen LogP contribution < -0.4 is 4.74 Å². The first kappa shape index (κ1) is 12.1. The van der Waals surface area contributed by atoms with Crippen LogP contribution in [0.1, 0.15) is 18.4 Å². The van der Waals surface area contributed by atoms with Crippen molar-refractivity contribution in [2.45, 2.75) is 30.9 Å². The minimum absolute atomic E-state index is 0.0209. The molecule has 94 valence electrons. The number of aromatic nitrogens is 1. The molecule has 0 spiro atoms. The second-order valence-electron chi connectivity index (χ2n) is 4.00. The van der Waals surface area contributed by atoms with E-state index in [9.17, 15) is 18.3 Å². The van der Waals surface area contributed by atoms with Crippen molar-refractivity contribution >= 4 is 0 Å². The number of ether oxygens (including phenoxy) is 1. The maximum absolute atomic E-state index is 12.1. The average Bonchev–Trinajstić information content (AvgIpc) is 2.13. The van der Waals surface area contributed by atoms with Gasteiger partial charge in [0.1, 0.15) is 0 Å². The summed E-state index contributed by atoms with van der Waals surface area (Å²) in [4.78, 5) is 3.45. The summed E-state index contributed by atoms with van der Waals surface area (Å²) in [6.45, 7) is 0. The fraction of sp³-hybridized carbons (Fsp3) is 0.500. The molecular formula is C10H10F3NO3. The van der Waals surface area contributed by atoms with Gasteiger partial charge in [-0.05, 0) is 12.1 Å². The van der Waals surface area contributed by atoms with Crippen molar-refractivity contribution in [3.63, 3.8) is 0 Å². The standard InChI is InChI=1S/C10H10F3NO3/c11-10(12,13)17-8-7(2-1-3-14-8)9(16)4-6(15)5-9/h1-3,6,15-16H,4-5H2. The predicted octanol–water partition coefficient (Wildman–Crippen LogP) is 1.32. The summed E-state index contributed by atoms with van der Waals surface area (Å²) in [5, 5.41) is 19.1. The number of nitrogens with zero attached hydrogens (tertiary/aromatic N) is 1. The maximum Gasteiger partial charge on any atom is 0.574 e. The third kappa shape index (κ3) is 2.50. The molecule has 0 radical (unpaired) electrons. The number of aliphatic hydroxyl groups is 2. The fourth-order valence-electron chi connectivity index (χ4n) is 1.88. The minimum Gasteiger partial charge on any atom is -0.393 e. The SMILES string of the molecule is OC1CC(O)(c2cccnc2OC(F)(F)F)C1. The van der Waals surface area contributed by atoms with Crippen LogP contribution in [0.4, 0.5) is 13.2 Å². The molecule has 2 rings (SSSR count). The number of aliphatic hydroxyl groups excluding tert-OH is 1. The Morgan fingerprint density at radius 2 is 2.06 bits per heavy atom. The van der Waals surface area contributed by atoms with Crippen LogP contribution in [0.5, 0.6) is 5.88 Å². The number of rotatable bonds is 2. The van der Waals surface area contributed by atoms with Crippen molar-refractivity contribution in [3.05, 3.63) is 23.9 Å². The van der Waals surface area contributed by atoms with Crippen LogP contribution in [0.25, 0.3) is 0 Å². The van der Waals surface area contributed by atoms with Gasteiger partial charge in [0.05, 0.1) is 11.7 Å². The van der Waals surface area contributed by atoms with Crippen LogP contribution in [0.2, 0.25) is 0 Å². The predicted molar refractivity (Wildman–Crippen MR) is 50.1 cm³/mol. The summed E-state index contributed by atoms with van der Waals surface area (Å²) in [5.41, 5.74) is -1.54. The van der Waals surface area contributed by atoms with Gasteiger partial charge in [0.25, 0.3) is 0 Å². The van der Waals surface area contributed by atoms with Gasteiger partial charge in [-0.3, -0.25) is 0 Å². The Kier molecular flexibility index (Phi) is 2.75. The molecule has 1 aliphatic carbocycles. The van der Waals surface area contributed by atoms with E-state index < -0.39 is 23.9 Å². The van der Waals surface area contributed by atoms with Gasteiger partial charge in [0, 0.05) is 24.6 Å². The normalized spacial score (nSPS) is 28.6. The van der Waals surface area contributed by atoms with Gasteiger partial charge in [0.2, 0.25) is 5.88 Å². The van der Waals surface area contributed by atoms with E-state index in [-0.39, 0.29) is 18.4 Å². The zero-order valence-corrected chi connectivity index (χ0v) is 8.61. The lowest BCUT2D eigenvalue weighted by Gasteiger charge is -2.41. The molecule has 0 saturated heterocycles. The molecule has 1 heterocycles. The monoisotopic (exact) mass is 249 g/mol. The van der Waals surface area contributed by atoms with E-state index in [4.69, 9.17) is 5.11 Å². The zero-order chi connectivity index (χ0) is 12.7. The van der Waals surface area contributed by atoms with Crippen LogP contribution in [0.15, 0.2) is 18.3 Å². The molecule has 1 fully saturated rings. The van der Waals surface area contributed by atoms with E-state index in [0.717, 1.165) is 6.20 Å². The van der Waals surface area contributed by atoms with Gasteiger partial charge in [-0.15, -0.1) is 13.2 Å². The summed E-state index contributed by atoms with van der Waals surface area (Å²) in [5.74, 6) is -0.672. The van der Waals surface area contributed by atoms with E-state index in [2.05, 4.69) is 9.72 Å². The van der Waals surface area contributed by atoms with Crippen molar-refractivity contribution in [3.8, 4) is 5.88 Å². The van der Waals surface area contributed by atoms with E-state index in [1.165, 1.54) is 12.1 Å². The quantitative estimate of drug-likeness (QED) is 0.829. The van der Waals surface area contributed by atoms with E-state index in [1.807, 2.05) is 0 Å². The lowest BCUT2D eigenvalue weighted by Crippen LogP contribution is -2.45. The highest BCUT2D eigenvalue weighted by Crippen LogP contribution is 2.44. The van der Waals surface area contributed by atoms with Crippen LogP contribution in [0.3, 0.4) is 0 Å². The Morgan fingerprint density at radius 3 is 2.59 bits per heavy atom. The minimum atomic E-state index is -4.86. The average molecular weight is 249 g/mol. The molecule has 17 heavy (non-hydrogen) atoms. The molecule has 4 nitrogen and oxygen atoms in total. The molecule has 1 aliphatic rings. The molecule has 0 bridgehead atoms. The van der Waals surface area contributed by atoms with Crippen molar-refractivity contribution in [1.82, 2.24) is 4.98 Å². The third-order valence-corrected chi connectivity index (χ3v) is 2.63. The molecule has 7 heteroatoms. The first-order valence-electron chi connectivity index (χ1n) is 4.92. The zero-order valence-electron chi connectivity index (χ0n) is 8.61. The number of alkyl halides is 3. The van der Waals surface area contributed by atoms with Crippen LogP contribution >= 0.6 is 0 Å². The number of hydrogen-bond donors (Lipinski definition) is 2. The molecule has 2 N–H and O–H groups in total. The first-order chi connectivity index (χ1) is 7.80. The van der Waals surface area contributed by atoms with Gasteiger partial charge in [-0.1, -0.05) is 0 Å². The molecule has 1 aromatic rings. The fourth-order valence-corrected chi connectivity index (χ4v) is 1.88. The Bertz CT molecular complexity index is 416. The Balaban J connectivity index is 2.28. The van der Waals surface area contributed by atoms with Crippen LogP contribution in [-0.2, 0) is 5.60 Å². The Labute approximate surface area is 94.7 Å². The van der Waals surface area contributed by atoms with E-state index in [0.29, 0.717) is 0 Å². The summed E-state index contributed by atoms with van der Waals surface area (Å²) < 4.78 is 40.1. The van der Waals surface area contributed by atoms with Gasteiger partial charge in [-0.2, -0.15) is 0 Å². The molecular weight excluding hydrogens is 239 g/mol. The lowest BCUT2D eigenvalue weighted by molar-refractivity contribution is -0.277. The first-order valence-corrected chi connectivity index (χ1v) is 4.92. The smallest absolute Gasteiger partial charge is 0.393 e. The molecule has 0 unspecified atom stereocenters. The van der Waals surface area contributed by atoms with Gasteiger partial charge in [0.15, 0.2) is 0 Å². The summed E-state index contributed by atoms with van der Waals surface area (Å²) in [6.07, 6.45) is -4.47. The van der Waals surface area contributed by atoms with Gasteiger partial charge in [-0.25, -0.2) is 4.98 Å². The summed E-state index contributed by atoms with van der Waals surface area (Å²) in [7, 11) is 0. The van der Waals surface area contributed by atoms with Crippen molar-refractivity contribution in [2.24, 2.45) is 0 Å². The lowest BCUT2D eigenvalue weighted by atomic mass is 9.73. The number of pyridine rings is 1. The Morgan fingerprint density at radius 1 is 1.41 bits per heavy atom. The van der Waals surface area contributed by atoms with Gasteiger partial charge >= 0.3 is 6.36 Å². The van der Waals surface area contributed by atoms with Crippen LogP contribution in [-0.4, -0.2) is 27.7 Å². The van der Waals surface area contributed by atoms with E-state index in [1.54, 1.807) is 0 Å². The highest BCUT2D eigenvalue weighted by atomic mass is 19.4. The summed E-state index contributed by atoms with van der Waals surface area (Å²) in [6, 6.07) is 2.71. The largest absolute Gasteiger partial charge is 0.574 e. The van der Waals surface area contributed by atoms with Crippen molar-refractivity contribution in [2.75, 3.05) is 0 Å². The second kappa shape index (κ2) is 3.85. The molecule has 0 aromatic carbocycles. The van der Waals surface area contributed by atoms with E-state index >= 15 is 0 Å².